The number of sulfonamides is 1. The summed E-state index contributed by atoms with van der Waals surface area (Å²) in [6.45, 7) is 6.51. The molecule has 0 spiro atoms. The van der Waals surface area contributed by atoms with Crippen LogP contribution >= 0.6 is 0 Å². The zero-order chi connectivity index (χ0) is 32.7. The number of hydrogen-bond donors (Lipinski definition) is 1. The number of H-pyrrole nitrogens is 1. The predicted octanol–water partition coefficient (Wildman–Crippen LogP) is 3.40. The number of aromatic amines is 1. The van der Waals surface area contributed by atoms with Gasteiger partial charge in [0.1, 0.15) is 28.6 Å². The van der Waals surface area contributed by atoms with Crippen molar-refractivity contribution in [1.29, 1.82) is 0 Å². The Kier molecular flexibility index (Phi) is 11.0. The zero-order valence-corrected chi connectivity index (χ0v) is 26.6. The third-order valence-electron chi connectivity index (χ3n) is 7.70. The maximum atomic E-state index is 13.8. The summed E-state index contributed by atoms with van der Waals surface area (Å²) in [4.78, 5) is 57.2. The van der Waals surface area contributed by atoms with Gasteiger partial charge in [-0.2, -0.15) is 14.0 Å². The van der Waals surface area contributed by atoms with E-state index in [4.69, 9.17) is 14.6 Å². The molecule has 3 aromatic rings. The first kappa shape index (κ1) is 33.6. The summed E-state index contributed by atoms with van der Waals surface area (Å²) < 4.78 is 36.8. The fourth-order valence-corrected chi connectivity index (χ4v) is 6.97. The molecule has 17 heteroatoms. The second kappa shape index (κ2) is 14.7. The highest BCUT2D eigenvalue weighted by atomic mass is 32.2. The maximum Gasteiger partial charge on any atom is 0.477 e. The molecule has 0 unspecified atom stereocenters. The zero-order valence-electron chi connectivity index (χ0n) is 25.8. The Hall–Kier alpha value is -4.25. The number of aromatic nitrogens is 3. The van der Waals surface area contributed by atoms with Gasteiger partial charge in [-0.25, -0.2) is 13.4 Å². The topological polar surface area (TPSA) is 188 Å². The van der Waals surface area contributed by atoms with E-state index in [-0.39, 0.29) is 47.3 Å². The summed E-state index contributed by atoms with van der Waals surface area (Å²) in [6.07, 6.45) is 3.69. The minimum atomic E-state index is -4.02. The average molecular weight is 652 g/mol. The van der Waals surface area contributed by atoms with Crippen LogP contribution in [0.5, 0.6) is 5.75 Å². The molecule has 3 heterocycles. The van der Waals surface area contributed by atoms with Gasteiger partial charge in [-0.1, -0.05) is 20.3 Å². The van der Waals surface area contributed by atoms with Crippen molar-refractivity contribution in [2.75, 3.05) is 33.4 Å². The lowest BCUT2D eigenvalue weighted by Gasteiger charge is -2.32. The van der Waals surface area contributed by atoms with Crippen molar-refractivity contribution in [2.45, 2.75) is 70.4 Å². The number of ether oxygens (including phenoxy) is 1. The molecule has 4 rings (SSSR count). The summed E-state index contributed by atoms with van der Waals surface area (Å²) in [6, 6.07) is 4.47. The van der Waals surface area contributed by atoms with E-state index < -0.39 is 33.7 Å². The van der Waals surface area contributed by atoms with E-state index >= 15 is 0 Å². The van der Waals surface area contributed by atoms with Gasteiger partial charge in [0.25, 0.3) is 10.6 Å². The molecular weight excluding hydrogens is 612 g/mol. The molecule has 0 saturated carbocycles. The van der Waals surface area contributed by atoms with Crippen LogP contribution < -0.4 is 10.3 Å². The molecule has 0 amide bonds. The highest BCUT2D eigenvalue weighted by Crippen LogP contribution is 2.34. The molecule has 16 nitrogen and oxygen atoms in total. The highest BCUT2D eigenvalue weighted by Gasteiger charge is 2.38. The van der Waals surface area contributed by atoms with Crippen LogP contribution in [0.15, 0.2) is 34.1 Å². The predicted molar refractivity (Wildman–Crippen MR) is 161 cm³/mol. The van der Waals surface area contributed by atoms with E-state index in [0.29, 0.717) is 41.9 Å². The standard InChI is InChI=1S/C28H38N6O10S/c1-5-8-20-17-31(7-3)26-25(20)29-27(30-28(26)35)22-16-21(9-10-23(22)42-15-6-2)45(39,40)32-13-11-19(12-14-32)24(18-43-33(36)37)44-34(38)41-4/h9-10,16-17,19,24H,5-8,11-15,18H2,1-4H3/p+1/t24-/m0/s1. The van der Waals surface area contributed by atoms with Crippen molar-refractivity contribution in [3.05, 3.63) is 55.3 Å². The fourth-order valence-electron chi connectivity index (χ4n) is 5.47. The summed E-state index contributed by atoms with van der Waals surface area (Å²) in [7, 11) is -2.95. The van der Waals surface area contributed by atoms with E-state index in [0.717, 1.165) is 25.5 Å². The third kappa shape index (κ3) is 7.53. The number of nitrogens with zero attached hydrogens (tertiary/aromatic N) is 5. The van der Waals surface area contributed by atoms with Crippen molar-refractivity contribution in [3.63, 3.8) is 0 Å². The van der Waals surface area contributed by atoms with Crippen molar-refractivity contribution >= 4 is 21.1 Å². The minimum Gasteiger partial charge on any atom is -0.493 e. The summed E-state index contributed by atoms with van der Waals surface area (Å²) in [5.41, 5.74) is 1.96. The summed E-state index contributed by atoms with van der Waals surface area (Å²) in [5, 5.41) is 9.56. The smallest absolute Gasteiger partial charge is 0.477 e. The molecule has 0 radical (unpaired) electrons. The molecule has 1 atom stereocenters. The van der Waals surface area contributed by atoms with Crippen LogP contribution in [-0.4, -0.2) is 76.9 Å². The van der Waals surface area contributed by atoms with Crippen molar-refractivity contribution in [1.82, 2.24) is 18.8 Å². The summed E-state index contributed by atoms with van der Waals surface area (Å²) in [5.74, 6) is 0.166. The van der Waals surface area contributed by atoms with Crippen LogP contribution in [0.2, 0.25) is 0 Å². The van der Waals surface area contributed by atoms with Crippen LogP contribution in [0.25, 0.3) is 22.4 Å². The van der Waals surface area contributed by atoms with Crippen LogP contribution in [0.3, 0.4) is 0 Å². The average Bonchev–Trinajstić information content (AvgIpc) is 3.39. The number of hydrogen-bond acceptors (Lipinski definition) is 11. The minimum absolute atomic E-state index is 0.0166. The number of rotatable bonds is 16. The molecule has 2 aromatic heterocycles. The molecule has 0 bridgehead atoms. The van der Waals surface area contributed by atoms with Gasteiger partial charge < -0.3 is 19.1 Å². The molecule has 1 aliphatic heterocycles. The van der Waals surface area contributed by atoms with E-state index in [9.17, 15) is 28.2 Å². The SMILES string of the molecule is CCCOc1ccc(S(=O)(=O)N2CCC([C@H](CO[N+](=O)[O-])O[N+](=O)OC)CC2)cc1-c1nc2c(CCC)cn(CC)c2c(=O)[nH]1. The third-order valence-corrected chi connectivity index (χ3v) is 9.60. The van der Waals surface area contributed by atoms with Gasteiger partial charge in [0.05, 0.1) is 22.6 Å². The fraction of sp³-hybridized carbons (Fsp3) is 0.571. The second-order valence-electron chi connectivity index (χ2n) is 10.6. The van der Waals surface area contributed by atoms with Gasteiger partial charge in [0.2, 0.25) is 16.1 Å². The maximum absolute atomic E-state index is 13.8. The van der Waals surface area contributed by atoms with E-state index in [1.807, 2.05) is 31.5 Å². The lowest BCUT2D eigenvalue weighted by Crippen LogP contribution is -2.43. The lowest BCUT2D eigenvalue weighted by atomic mass is 9.92. The van der Waals surface area contributed by atoms with E-state index in [1.165, 1.54) is 16.4 Å². The van der Waals surface area contributed by atoms with E-state index in [2.05, 4.69) is 14.7 Å². The Labute approximate surface area is 259 Å². The number of aryl methyl sites for hydroxylation is 2. The van der Waals surface area contributed by atoms with Gasteiger partial charge in [-0.05, 0) is 56.4 Å². The Morgan fingerprint density at radius 2 is 1.89 bits per heavy atom. The molecular formula is C28H39N6O10S+. The molecule has 0 aliphatic carbocycles. The Morgan fingerprint density at radius 3 is 2.51 bits per heavy atom. The molecule has 1 aromatic carbocycles. The Morgan fingerprint density at radius 1 is 1.16 bits per heavy atom. The normalized spacial score (nSPS) is 15.1. The molecule has 1 aliphatic rings. The van der Waals surface area contributed by atoms with Gasteiger partial charge >= 0.3 is 5.09 Å². The number of nitrogens with one attached hydrogen (secondary N) is 1. The van der Waals surface area contributed by atoms with Crippen molar-refractivity contribution in [3.8, 4) is 17.1 Å². The largest absolute Gasteiger partial charge is 0.493 e. The Bertz CT molecular complexity index is 1680. The first-order valence-corrected chi connectivity index (χ1v) is 16.3. The van der Waals surface area contributed by atoms with Crippen LogP contribution in [0.1, 0.15) is 52.0 Å². The number of benzene rings is 1. The Balaban J connectivity index is 1.66. The highest BCUT2D eigenvalue weighted by molar-refractivity contribution is 7.89. The molecule has 246 valence electrons. The first-order valence-electron chi connectivity index (χ1n) is 14.9. The molecule has 1 N–H and O–H groups in total. The number of fused-ring (bicyclic) bond motifs is 1. The van der Waals surface area contributed by atoms with Crippen molar-refractivity contribution < 1.29 is 37.8 Å². The quantitative estimate of drug-likeness (QED) is 0.177. The second-order valence-corrected chi connectivity index (χ2v) is 12.6. The molecule has 1 fully saturated rings. The van der Waals surface area contributed by atoms with Gasteiger partial charge in [-0.15, -0.1) is 10.1 Å². The lowest BCUT2D eigenvalue weighted by molar-refractivity contribution is -0.985. The molecule has 1 saturated heterocycles. The van der Waals surface area contributed by atoms with Crippen LogP contribution in [0, 0.1) is 20.9 Å². The molecule has 45 heavy (non-hydrogen) atoms. The van der Waals surface area contributed by atoms with Crippen LogP contribution in [0.4, 0.5) is 0 Å². The first-order chi connectivity index (χ1) is 21.5. The van der Waals surface area contributed by atoms with Gasteiger partial charge in [-0.3, -0.25) is 4.79 Å². The summed E-state index contributed by atoms with van der Waals surface area (Å²) >= 11 is 0. The number of piperidine rings is 1. The van der Waals surface area contributed by atoms with Crippen LogP contribution in [-0.2, 0) is 37.5 Å². The van der Waals surface area contributed by atoms with Gasteiger partial charge in [0.15, 0.2) is 7.11 Å². The van der Waals surface area contributed by atoms with Gasteiger partial charge in [0, 0.05) is 31.7 Å². The monoisotopic (exact) mass is 651 g/mol. The van der Waals surface area contributed by atoms with Crippen molar-refractivity contribution in [2.24, 2.45) is 5.92 Å². The van der Waals surface area contributed by atoms with E-state index in [1.54, 1.807) is 6.07 Å².